The smallest absolute Gasteiger partial charge is 0.250 e. The fourth-order valence-corrected chi connectivity index (χ4v) is 6.11. The third-order valence-electron chi connectivity index (χ3n) is 4.96. The van der Waals surface area contributed by atoms with Gasteiger partial charge in [0.1, 0.15) is 9.96 Å². The van der Waals surface area contributed by atoms with Gasteiger partial charge in [-0.15, -0.1) is 11.3 Å². The van der Waals surface area contributed by atoms with E-state index in [0.717, 1.165) is 28.2 Å². The summed E-state index contributed by atoms with van der Waals surface area (Å²) in [4.78, 5) is 0.964. The molecule has 2 N–H and O–H groups in total. The van der Waals surface area contributed by atoms with Crippen LogP contribution in [0.2, 0.25) is 0 Å². The molecule has 1 saturated carbocycles. The zero-order valence-electron chi connectivity index (χ0n) is 13.9. The first kappa shape index (κ1) is 17.0. The molecule has 1 fully saturated rings. The number of hydrogen-bond acceptors (Lipinski definition) is 5. The summed E-state index contributed by atoms with van der Waals surface area (Å²) in [6.07, 6.45) is 1.74. The second-order valence-corrected chi connectivity index (χ2v) is 10.0. The van der Waals surface area contributed by atoms with Crippen LogP contribution < -0.4 is 9.46 Å². The van der Waals surface area contributed by atoms with Crippen LogP contribution in [0.1, 0.15) is 34.9 Å². The number of benzene rings is 1. The number of rotatable bonds is 5. The van der Waals surface area contributed by atoms with Crippen molar-refractivity contribution in [3.05, 3.63) is 46.3 Å². The minimum atomic E-state index is -3.58. The molecule has 0 spiro atoms. The van der Waals surface area contributed by atoms with Gasteiger partial charge in [-0.1, -0.05) is 12.1 Å². The summed E-state index contributed by atoms with van der Waals surface area (Å²) in [5.41, 5.74) is 2.06. The van der Waals surface area contributed by atoms with Crippen LogP contribution in [0.5, 0.6) is 5.75 Å². The lowest BCUT2D eigenvalue weighted by atomic mass is 9.75. The maximum atomic E-state index is 12.8. The summed E-state index contributed by atoms with van der Waals surface area (Å²) in [6.45, 7) is 2.57. The van der Waals surface area contributed by atoms with Crippen LogP contribution in [0.25, 0.3) is 0 Å². The maximum absolute atomic E-state index is 12.8. The molecule has 5 nitrogen and oxygen atoms in total. The average molecular weight is 380 g/mol. The van der Waals surface area contributed by atoms with Crippen molar-refractivity contribution in [2.24, 2.45) is 5.92 Å². The summed E-state index contributed by atoms with van der Waals surface area (Å²) >= 11 is 1.27. The van der Waals surface area contributed by atoms with Crippen LogP contribution in [0.15, 0.2) is 34.5 Å². The molecule has 1 aromatic heterocycles. The van der Waals surface area contributed by atoms with Gasteiger partial charge in [0.05, 0.1) is 18.8 Å². The van der Waals surface area contributed by atoms with E-state index in [1.165, 1.54) is 11.3 Å². The van der Waals surface area contributed by atoms with Gasteiger partial charge >= 0.3 is 0 Å². The normalized spacial score (nSPS) is 23.6. The van der Waals surface area contributed by atoms with Crippen molar-refractivity contribution in [1.82, 2.24) is 4.72 Å². The van der Waals surface area contributed by atoms with E-state index >= 15 is 0 Å². The quantitative estimate of drug-likeness (QED) is 0.838. The molecule has 1 aromatic carbocycles. The SMILES string of the molecule is Cc1ccc(S(=O)(=O)N[C@H](c2ccc3c(c2)CCO3)C2CC(O)C2)s1. The van der Waals surface area contributed by atoms with Crippen molar-refractivity contribution in [3.63, 3.8) is 0 Å². The molecule has 0 radical (unpaired) electrons. The standard InChI is InChI=1S/C18H21NO4S2/c1-11-2-5-17(24-11)25(21,22)19-18(14-9-15(20)10-14)13-3-4-16-12(8-13)6-7-23-16/h2-5,8,14-15,18-20H,6-7,9-10H2,1H3/t14?,15?,18-/m1/s1. The summed E-state index contributed by atoms with van der Waals surface area (Å²) < 4.78 is 34.4. The summed E-state index contributed by atoms with van der Waals surface area (Å²) in [5.74, 6) is 0.985. The molecule has 0 saturated heterocycles. The number of sulfonamides is 1. The molecular formula is C18H21NO4S2. The van der Waals surface area contributed by atoms with Crippen LogP contribution in [0, 0.1) is 12.8 Å². The van der Waals surface area contributed by atoms with E-state index in [1.807, 2.05) is 31.2 Å². The fourth-order valence-electron chi connectivity index (χ4n) is 3.52. The van der Waals surface area contributed by atoms with E-state index in [9.17, 15) is 13.5 Å². The zero-order valence-corrected chi connectivity index (χ0v) is 15.6. The number of thiophene rings is 1. The Kier molecular flexibility index (Phi) is 4.35. The molecule has 134 valence electrons. The van der Waals surface area contributed by atoms with Crippen molar-refractivity contribution in [1.29, 1.82) is 0 Å². The van der Waals surface area contributed by atoms with Crippen molar-refractivity contribution < 1.29 is 18.3 Å². The number of aliphatic hydroxyl groups is 1. The molecule has 2 aromatic rings. The first-order chi connectivity index (χ1) is 11.9. The Morgan fingerprint density at radius 3 is 2.76 bits per heavy atom. The van der Waals surface area contributed by atoms with Gasteiger partial charge in [0.2, 0.25) is 0 Å². The van der Waals surface area contributed by atoms with E-state index in [0.29, 0.717) is 23.7 Å². The second-order valence-electron chi connectivity index (χ2n) is 6.81. The first-order valence-electron chi connectivity index (χ1n) is 8.45. The predicted molar refractivity (Wildman–Crippen MR) is 96.5 cm³/mol. The Morgan fingerprint density at radius 2 is 2.08 bits per heavy atom. The molecule has 25 heavy (non-hydrogen) atoms. The van der Waals surface area contributed by atoms with Gasteiger partial charge in [-0.05, 0) is 55.0 Å². The van der Waals surface area contributed by atoms with Gasteiger partial charge < -0.3 is 9.84 Å². The number of nitrogens with one attached hydrogen (secondary N) is 1. The van der Waals surface area contributed by atoms with Gasteiger partial charge in [0.25, 0.3) is 10.0 Å². The molecule has 0 bridgehead atoms. The third-order valence-corrected chi connectivity index (χ3v) is 7.89. The highest BCUT2D eigenvalue weighted by Crippen LogP contribution is 2.40. The van der Waals surface area contributed by atoms with Crippen LogP contribution in [0.4, 0.5) is 0 Å². The van der Waals surface area contributed by atoms with Gasteiger partial charge in [0.15, 0.2) is 0 Å². The Bertz CT molecular complexity index is 884. The predicted octanol–water partition coefficient (Wildman–Crippen LogP) is 2.78. The van der Waals surface area contributed by atoms with Crippen molar-refractivity contribution >= 4 is 21.4 Å². The van der Waals surface area contributed by atoms with E-state index in [2.05, 4.69) is 4.72 Å². The summed E-state index contributed by atoms with van der Waals surface area (Å²) in [7, 11) is -3.58. The number of ether oxygens (including phenoxy) is 1. The Balaban J connectivity index is 1.65. The Hall–Kier alpha value is -1.41. The molecule has 4 rings (SSSR count). The molecule has 1 aliphatic heterocycles. The second kappa shape index (κ2) is 6.39. The van der Waals surface area contributed by atoms with Crippen molar-refractivity contribution in [2.45, 2.75) is 42.5 Å². The van der Waals surface area contributed by atoms with Crippen LogP contribution in [-0.4, -0.2) is 26.2 Å². The van der Waals surface area contributed by atoms with Crippen molar-refractivity contribution in [3.8, 4) is 5.75 Å². The summed E-state index contributed by atoms with van der Waals surface area (Å²) in [6, 6.07) is 9.02. The molecule has 2 heterocycles. The maximum Gasteiger partial charge on any atom is 0.250 e. The van der Waals surface area contributed by atoms with Crippen molar-refractivity contribution in [2.75, 3.05) is 6.61 Å². The highest BCUT2D eigenvalue weighted by atomic mass is 32.2. The third kappa shape index (κ3) is 3.33. The van der Waals surface area contributed by atoms with Crippen LogP contribution >= 0.6 is 11.3 Å². The molecule has 2 aliphatic rings. The highest BCUT2D eigenvalue weighted by Gasteiger charge is 2.37. The van der Waals surface area contributed by atoms with E-state index < -0.39 is 10.0 Å². The van der Waals surface area contributed by atoms with E-state index in [-0.39, 0.29) is 18.1 Å². The van der Waals surface area contributed by atoms with Gasteiger partial charge in [0, 0.05) is 11.3 Å². The fraction of sp³-hybridized carbons (Fsp3) is 0.444. The van der Waals surface area contributed by atoms with Crippen LogP contribution in [0.3, 0.4) is 0 Å². The lowest BCUT2D eigenvalue weighted by Crippen LogP contribution is -2.41. The Labute approximate surface area is 151 Å². The monoisotopic (exact) mass is 379 g/mol. The largest absolute Gasteiger partial charge is 0.493 e. The van der Waals surface area contributed by atoms with E-state index in [1.54, 1.807) is 6.07 Å². The van der Waals surface area contributed by atoms with E-state index in [4.69, 9.17) is 4.74 Å². The minimum absolute atomic E-state index is 0.103. The number of aliphatic hydroxyl groups excluding tert-OH is 1. The molecule has 1 atom stereocenters. The molecule has 0 unspecified atom stereocenters. The highest BCUT2D eigenvalue weighted by molar-refractivity contribution is 7.91. The number of fused-ring (bicyclic) bond motifs is 1. The zero-order chi connectivity index (χ0) is 17.6. The van der Waals surface area contributed by atoms with Gasteiger partial charge in [-0.3, -0.25) is 0 Å². The lowest BCUT2D eigenvalue weighted by Gasteiger charge is -2.38. The topological polar surface area (TPSA) is 75.6 Å². The number of hydrogen-bond donors (Lipinski definition) is 2. The van der Waals surface area contributed by atoms with Crippen LogP contribution in [-0.2, 0) is 16.4 Å². The Morgan fingerprint density at radius 1 is 1.28 bits per heavy atom. The molecule has 1 aliphatic carbocycles. The molecule has 0 amide bonds. The summed E-state index contributed by atoms with van der Waals surface area (Å²) in [5, 5.41) is 9.69. The average Bonchev–Trinajstić information content (AvgIpc) is 3.18. The first-order valence-corrected chi connectivity index (χ1v) is 10.7. The number of aryl methyl sites for hydroxylation is 1. The van der Waals surface area contributed by atoms with Gasteiger partial charge in [-0.25, -0.2) is 13.1 Å². The lowest BCUT2D eigenvalue weighted by molar-refractivity contribution is 0.0280. The minimum Gasteiger partial charge on any atom is -0.493 e. The molecule has 7 heteroatoms. The molecular weight excluding hydrogens is 358 g/mol. The van der Waals surface area contributed by atoms with Gasteiger partial charge in [-0.2, -0.15) is 0 Å².